The maximum absolute atomic E-state index is 11.3. The summed E-state index contributed by atoms with van der Waals surface area (Å²) in [6.07, 6.45) is 0.940. The molecule has 0 rings (SSSR count). The van der Waals surface area contributed by atoms with Crippen LogP contribution in [0.2, 0.25) is 0 Å². The van der Waals surface area contributed by atoms with Crippen LogP contribution in [0.3, 0.4) is 0 Å². The van der Waals surface area contributed by atoms with Gasteiger partial charge in [-0.15, -0.1) is 0 Å². The predicted molar refractivity (Wildman–Crippen MR) is 49.8 cm³/mol. The summed E-state index contributed by atoms with van der Waals surface area (Å²) in [7, 11) is 0. The highest BCUT2D eigenvalue weighted by Gasteiger charge is 2.19. The number of hydrogen-bond donors (Lipinski definition) is 0. The Labute approximate surface area is 75.3 Å². The molecule has 0 aliphatic heterocycles. The lowest BCUT2D eigenvalue weighted by molar-refractivity contribution is -0.154. The maximum atomic E-state index is 11.3. The van der Waals surface area contributed by atoms with Gasteiger partial charge in [0.2, 0.25) is 0 Å². The van der Waals surface area contributed by atoms with Gasteiger partial charge in [0, 0.05) is 0 Å². The molecule has 0 radical (unpaired) electrons. The van der Waals surface area contributed by atoms with Gasteiger partial charge in [-0.3, -0.25) is 4.79 Å². The molecule has 0 amide bonds. The Bertz CT molecular complexity index is 141. The van der Waals surface area contributed by atoms with Gasteiger partial charge in [0.05, 0.1) is 12.0 Å². The lowest BCUT2D eigenvalue weighted by atomic mass is 9.98. The SMILES string of the molecule is CC[C@@H](C)OC(=O)[C@@H](C)C(C)C. The van der Waals surface area contributed by atoms with Crippen LogP contribution in [0.4, 0.5) is 0 Å². The van der Waals surface area contributed by atoms with Crippen molar-refractivity contribution < 1.29 is 9.53 Å². The zero-order chi connectivity index (χ0) is 9.72. The average molecular weight is 172 g/mol. The van der Waals surface area contributed by atoms with Gasteiger partial charge in [-0.2, -0.15) is 0 Å². The molecule has 0 heterocycles. The molecule has 0 aliphatic carbocycles. The normalized spacial score (nSPS) is 15.8. The third-order valence-electron chi connectivity index (χ3n) is 2.26. The zero-order valence-electron chi connectivity index (χ0n) is 8.76. The van der Waals surface area contributed by atoms with Crippen molar-refractivity contribution in [3.63, 3.8) is 0 Å². The first-order valence-corrected chi connectivity index (χ1v) is 4.69. The van der Waals surface area contributed by atoms with Crippen molar-refractivity contribution in [1.82, 2.24) is 0 Å². The molecule has 0 bridgehead atoms. The molecule has 2 nitrogen and oxygen atoms in total. The minimum atomic E-state index is -0.0700. The molecule has 0 aromatic rings. The number of carbonyl (C=O) groups is 1. The Kier molecular flexibility index (Phi) is 4.95. The van der Waals surface area contributed by atoms with Crippen molar-refractivity contribution >= 4 is 5.97 Å². The van der Waals surface area contributed by atoms with E-state index < -0.39 is 0 Å². The van der Waals surface area contributed by atoms with E-state index in [1.54, 1.807) is 0 Å². The molecule has 0 aromatic heterocycles. The average Bonchev–Trinajstić information content (AvgIpc) is 2.02. The van der Waals surface area contributed by atoms with Crippen molar-refractivity contribution in [2.75, 3.05) is 0 Å². The van der Waals surface area contributed by atoms with Gasteiger partial charge in [0.15, 0.2) is 0 Å². The molecule has 0 N–H and O–H groups in total. The lowest BCUT2D eigenvalue weighted by Crippen LogP contribution is -2.23. The van der Waals surface area contributed by atoms with Gasteiger partial charge in [-0.05, 0) is 19.3 Å². The highest BCUT2D eigenvalue weighted by molar-refractivity contribution is 5.72. The minimum Gasteiger partial charge on any atom is -0.462 e. The van der Waals surface area contributed by atoms with E-state index in [-0.39, 0.29) is 18.0 Å². The number of carbonyl (C=O) groups excluding carboxylic acids is 1. The van der Waals surface area contributed by atoms with Crippen LogP contribution < -0.4 is 0 Å². The third-order valence-corrected chi connectivity index (χ3v) is 2.26. The van der Waals surface area contributed by atoms with E-state index in [1.807, 2.05) is 34.6 Å². The number of esters is 1. The molecule has 0 saturated carbocycles. The first-order valence-electron chi connectivity index (χ1n) is 4.69. The van der Waals surface area contributed by atoms with Gasteiger partial charge in [-0.25, -0.2) is 0 Å². The smallest absolute Gasteiger partial charge is 0.309 e. The van der Waals surface area contributed by atoms with E-state index in [1.165, 1.54) is 0 Å². The Balaban J connectivity index is 3.87. The first kappa shape index (κ1) is 11.5. The molecule has 0 aliphatic rings. The number of rotatable bonds is 4. The van der Waals surface area contributed by atoms with Crippen molar-refractivity contribution in [1.29, 1.82) is 0 Å². The van der Waals surface area contributed by atoms with Crippen molar-refractivity contribution in [3.05, 3.63) is 0 Å². The van der Waals surface area contributed by atoms with Crippen LogP contribution >= 0.6 is 0 Å². The topological polar surface area (TPSA) is 26.3 Å². The molecule has 0 saturated heterocycles. The van der Waals surface area contributed by atoms with Crippen LogP contribution in [0, 0.1) is 11.8 Å². The second-order valence-electron chi connectivity index (χ2n) is 3.69. The monoisotopic (exact) mass is 172 g/mol. The fraction of sp³-hybridized carbons (Fsp3) is 0.900. The zero-order valence-corrected chi connectivity index (χ0v) is 8.76. The maximum Gasteiger partial charge on any atom is 0.309 e. The van der Waals surface area contributed by atoms with Gasteiger partial charge in [0.1, 0.15) is 0 Å². The van der Waals surface area contributed by atoms with E-state index in [0.29, 0.717) is 5.92 Å². The molecule has 0 spiro atoms. The Morgan fingerprint density at radius 1 is 1.25 bits per heavy atom. The van der Waals surface area contributed by atoms with E-state index >= 15 is 0 Å². The van der Waals surface area contributed by atoms with Crippen molar-refractivity contribution in [2.45, 2.75) is 47.1 Å². The Hall–Kier alpha value is -0.530. The molecule has 12 heavy (non-hydrogen) atoms. The fourth-order valence-corrected chi connectivity index (χ4v) is 0.661. The fourth-order valence-electron chi connectivity index (χ4n) is 0.661. The van der Waals surface area contributed by atoms with Crippen LogP contribution in [-0.4, -0.2) is 12.1 Å². The molecule has 2 atom stereocenters. The highest BCUT2D eigenvalue weighted by Crippen LogP contribution is 2.13. The second kappa shape index (κ2) is 5.18. The molecular weight excluding hydrogens is 152 g/mol. The quantitative estimate of drug-likeness (QED) is 0.609. The summed E-state index contributed by atoms with van der Waals surface area (Å²) < 4.78 is 5.18. The van der Waals surface area contributed by atoms with E-state index in [4.69, 9.17) is 4.74 Å². The van der Waals surface area contributed by atoms with Gasteiger partial charge in [-0.1, -0.05) is 27.7 Å². The van der Waals surface area contributed by atoms with Crippen LogP contribution in [0.15, 0.2) is 0 Å². The van der Waals surface area contributed by atoms with Gasteiger partial charge in [0.25, 0.3) is 0 Å². The van der Waals surface area contributed by atoms with Gasteiger partial charge >= 0.3 is 5.97 Å². The van der Waals surface area contributed by atoms with E-state index in [2.05, 4.69) is 0 Å². The molecular formula is C10H20O2. The highest BCUT2D eigenvalue weighted by atomic mass is 16.5. The Morgan fingerprint density at radius 3 is 2.08 bits per heavy atom. The summed E-state index contributed by atoms with van der Waals surface area (Å²) in [6.45, 7) is 9.91. The minimum absolute atomic E-state index is 0.0130. The second-order valence-corrected chi connectivity index (χ2v) is 3.69. The van der Waals surface area contributed by atoms with E-state index in [0.717, 1.165) is 6.42 Å². The van der Waals surface area contributed by atoms with Crippen molar-refractivity contribution in [2.24, 2.45) is 11.8 Å². The molecule has 0 unspecified atom stereocenters. The molecule has 2 heteroatoms. The van der Waals surface area contributed by atoms with Crippen LogP contribution in [-0.2, 0) is 9.53 Å². The third kappa shape index (κ3) is 3.74. The summed E-state index contributed by atoms with van der Waals surface area (Å²) in [5.74, 6) is 0.305. The molecule has 0 fully saturated rings. The summed E-state index contributed by atoms with van der Waals surface area (Å²) in [5, 5.41) is 0. The van der Waals surface area contributed by atoms with E-state index in [9.17, 15) is 4.79 Å². The molecule has 72 valence electrons. The number of hydrogen-bond acceptors (Lipinski definition) is 2. The predicted octanol–water partition coefficient (Wildman–Crippen LogP) is 2.62. The largest absolute Gasteiger partial charge is 0.462 e. The Morgan fingerprint density at radius 2 is 1.75 bits per heavy atom. The molecule has 0 aromatic carbocycles. The summed E-state index contributed by atoms with van der Waals surface area (Å²) >= 11 is 0. The van der Waals surface area contributed by atoms with Crippen LogP contribution in [0.5, 0.6) is 0 Å². The standard InChI is InChI=1S/C10H20O2/c1-6-8(4)12-10(11)9(5)7(2)3/h7-9H,6H2,1-5H3/t8-,9+/m1/s1. The van der Waals surface area contributed by atoms with Crippen molar-refractivity contribution in [3.8, 4) is 0 Å². The summed E-state index contributed by atoms with van der Waals surface area (Å²) in [4.78, 5) is 11.3. The number of ether oxygens (including phenoxy) is 1. The lowest BCUT2D eigenvalue weighted by Gasteiger charge is -2.17. The van der Waals surface area contributed by atoms with Gasteiger partial charge < -0.3 is 4.74 Å². The first-order chi connectivity index (χ1) is 5.49. The summed E-state index contributed by atoms with van der Waals surface area (Å²) in [5.41, 5.74) is 0. The summed E-state index contributed by atoms with van der Waals surface area (Å²) in [6, 6.07) is 0. The van der Waals surface area contributed by atoms with Crippen LogP contribution in [0.1, 0.15) is 41.0 Å². The van der Waals surface area contributed by atoms with Crippen LogP contribution in [0.25, 0.3) is 0 Å².